The molecule has 1 aliphatic heterocycles. The van der Waals surface area contributed by atoms with E-state index < -0.39 is 6.61 Å². The predicted octanol–water partition coefficient (Wildman–Crippen LogP) is 1.22. The molecule has 0 saturated carbocycles. The fraction of sp³-hybridized carbons (Fsp3) is 0.286. The van der Waals surface area contributed by atoms with E-state index in [1.165, 1.54) is 0 Å². The number of carbonyl (C=O) groups excluding carboxylic acids is 1. The molecule has 0 atom stereocenters. The van der Waals surface area contributed by atoms with Crippen LogP contribution in [0.5, 0.6) is 0 Å². The topological polar surface area (TPSA) is 73.7 Å². The van der Waals surface area contributed by atoms with E-state index in [-0.39, 0.29) is 12.5 Å². The minimum atomic E-state index is -0.493. The number of benzene rings is 1. The highest BCUT2D eigenvalue weighted by Gasteiger charge is 2.25. The number of amides is 1. The Hall–Kier alpha value is -1.69. The zero-order chi connectivity index (χ0) is 14.3. The van der Waals surface area contributed by atoms with Gasteiger partial charge in [-0.1, -0.05) is 11.6 Å². The molecule has 1 aliphatic rings. The van der Waals surface area contributed by atoms with Crippen LogP contribution in [0.2, 0.25) is 5.02 Å². The van der Waals surface area contributed by atoms with Crippen molar-refractivity contribution in [2.24, 2.45) is 0 Å². The predicted molar refractivity (Wildman–Crippen MR) is 74.0 cm³/mol. The van der Waals surface area contributed by atoms with Crippen molar-refractivity contribution in [1.29, 1.82) is 0 Å². The maximum absolute atomic E-state index is 11.6. The first kappa shape index (κ1) is 13.3. The minimum absolute atomic E-state index is 0.141. The molecule has 6 heteroatoms. The summed E-state index contributed by atoms with van der Waals surface area (Å²) in [6, 6.07) is 3.54. The molecule has 1 aromatic carbocycles. The third-order valence-corrected chi connectivity index (χ3v) is 3.96. The molecule has 1 aromatic heterocycles. The van der Waals surface area contributed by atoms with Gasteiger partial charge in [-0.2, -0.15) is 0 Å². The molecule has 104 valence electrons. The van der Waals surface area contributed by atoms with E-state index in [2.05, 4.69) is 4.98 Å². The van der Waals surface area contributed by atoms with Crippen LogP contribution >= 0.6 is 11.6 Å². The zero-order valence-corrected chi connectivity index (χ0v) is 11.4. The third kappa shape index (κ3) is 2.04. The van der Waals surface area contributed by atoms with E-state index >= 15 is 0 Å². The average Bonchev–Trinajstić information content (AvgIpc) is 2.90. The lowest BCUT2D eigenvalue weighted by Gasteiger charge is -2.13. The minimum Gasteiger partial charge on any atom is -0.392 e. The number of halogens is 1. The number of aliphatic hydroxyl groups is 2. The number of aromatic nitrogens is 1. The van der Waals surface area contributed by atoms with Crippen LogP contribution in [-0.2, 0) is 24.5 Å². The van der Waals surface area contributed by atoms with Crippen molar-refractivity contribution in [3.63, 3.8) is 0 Å². The van der Waals surface area contributed by atoms with Gasteiger partial charge in [0, 0.05) is 29.7 Å². The highest BCUT2D eigenvalue weighted by Crippen LogP contribution is 2.32. The van der Waals surface area contributed by atoms with E-state index in [9.17, 15) is 9.90 Å². The summed E-state index contributed by atoms with van der Waals surface area (Å²) in [5.41, 5.74) is 3.35. The molecule has 0 saturated heterocycles. The van der Waals surface area contributed by atoms with Crippen molar-refractivity contribution >= 4 is 28.4 Å². The fourth-order valence-corrected chi connectivity index (χ4v) is 2.75. The summed E-state index contributed by atoms with van der Waals surface area (Å²) < 4.78 is 0. The number of nitrogens with zero attached hydrogens (tertiary/aromatic N) is 2. The van der Waals surface area contributed by atoms with Gasteiger partial charge in [0.05, 0.1) is 12.1 Å². The van der Waals surface area contributed by atoms with Gasteiger partial charge >= 0.3 is 0 Å². The Morgan fingerprint density at radius 2 is 2.15 bits per heavy atom. The standard InChI is InChI=1S/C14H13ClN2O3/c15-12-2-13-10(1-8(12)6-18)11-5-17(14(20)7-19)4-9(11)3-16-13/h1-3,18-19H,4-7H2. The van der Waals surface area contributed by atoms with Crippen molar-refractivity contribution in [2.75, 3.05) is 6.61 Å². The summed E-state index contributed by atoms with van der Waals surface area (Å²) in [5, 5.41) is 19.6. The van der Waals surface area contributed by atoms with Gasteiger partial charge in [0.15, 0.2) is 0 Å². The van der Waals surface area contributed by atoms with Gasteiger partial charge in [-0.05, 0) is 28.8 Å². The van der Waals surface area contributed by atoms with Gasteiger partial charge in [-0.3, -0.25) is 9.78 Å². The van der Waals surface area contributed by atoms with Crippen LogP contribution < -0.4 is 0 Å². The molecule has 0 aliphatic carbocycles. The summed E-state index contributed by atoms with van der Waals surface area (Å²) >= 11 is 6.06. The SMILES string of the molecule is O=C(CO)N1Cc2cnc3cc(Cl)c(CO)cc3c2C1. The van der Waals surface area contributed by atoms with E-state index in [1.807, 2.05) is 6.07 Å². The second-order valence-electron chi connectivity index (χ2n) is 4.79. The lowest BCUT2D eigenvalue weighted by Crippen LogP contribution is -2.27. The maximum atomic E-state index is 11.6. The van der Waals surface area contributed by atoms with Crippen LogP contribution in [0.3, 0.4) is 0 Å². The molecule has 0 radical (unpaired) electrons. The fourth-order valence-electron chi connectivity index (χ4n) is 2.53. The molecule has 0 fully saturated rings. The first-order valence-electron chi connectivity index (χ1n) is 6.22. The summed E-state index contributed by atoms with van der Waals surface area (Å²) in [4.78, 5) is 17.5. The highest BCUT2D eigenvalue weighted by atomic mass is 35.5. The van der Waals surface area contributed by atoms with Gasteiger partial charge in [-0.15, -0.1) is 0 Å². The lowest BCUT2D eigenvalue weighted by molar-refractivity contribution is -0.134. The smallest absolute Gasteiger partial charge is 0.248 e. The number of aliphatic hydroxyl groups excluding tert-OH is 2. The largest absolute Gasteiger partial charge is 0.392 e. The average molecular weight is 293 g/mol. The highest BCUT2D eigenvalue weighted by molar-refractivity contribution is 6.32. The molecule has 2 heterocycles. The van der Waals surface area contributed by atoms with Gasteiger partial charge in [0.1, 0.15) is 6.61 Å². The molecule has 2 aromatic rings. The first-order valence-corrected chi connectivity index (χ1v) is 6.60. The number of fused-ring (bicyclic) bond motifs is 3. The number of pyridine rings is 1. The Morgan fingerprint density at radius 1 is 1.35 bits per heavy atom. The zero-order valence-electron chi connectivity index (χ0n) is 10.6. The number of hydrogen-bond acceptors (Lipinski definition) is 4. The first-order chi connectivity index (χ1) is 9.63. The third-order valence-electron chi connectivity index (χ3n) is 3.61. The maximum Gasteiger partial charge on any atom is 0.248 e. The lowest BCUT2D eigenvalue weighted by atomic mass is 10.0. The Labute approximate surface area is 120 Å². The molecule has 2 N–H and O–H groups in total. The number of carbonyl (C=O) groups is 1. The molecule has 5 nitrogen and oxygen atoms in total. The van der Waals surface area contributed by atoms with Crippen molar-refractivity contribution < 1.29 is 15.0 Å². The van der Waals surface area contributed by atoms with Gasteiger partial charge in [0.25, 0.3) is 0 Å². The van der Waals surface area contributed by atoms with E-state index in [0.29, 0.717) is 23.7 Å². The van der Waals surface area contributed by atoms with Gasteiger partial charge in [0.2, 0.25) is 5.91 Å². The Bertz CT molecular complexity index is 702. The van der Waals surface area contributed by atoms with Crippen LogP contribution in [0, 0.1) is 0 Å². The summed E-state index contributed by atoms with van der Waals surface area (Å²) in [5.74, 6) is -0.300. The van der Waals surface area contributed by atoms with Gasteiger partial charge in [-0.25, -0.2) is 0 Å². The Kier molecular flexibility index (Phi) is 3.33. The van der Waals surface area contributed by atoms with Gasteiger partial charge < -0.3 is 15.1 Å². The van der Waals surface area contributed by atoms with Crippen LogP contribution in [-0.4, -0.2) is 32.6 Å². The molecule has 0 unspecified atom stereocenters. The number of hydrogen-bond donors (Lipinski definition) is 2. The van der Waals surface area contributed by atoms with Crippen molar-refractivity contribution in [1.82, 2.24) is 9.88 Å². The second-order valence-corrected chi connectivity index (χ2v) is 5.20. The summed E-state index contributed by atoms with van der Waals surface area (Å²) in [6.07, 6.45) is 1.73. The quantitative estimate of drug-likeness (QED) is 0.873. The molecule has 3 rings (SSSR count). The monoisotopic (exact) mass is 292 g/mol. The van der Waals surface area contributed by atoms with Crippen LogP contribution in [0.25, 0.3) is 10.9 Å². The molecule has 0 spiro atoms. The van der Waals surface area contributed by atoms with E-state index in [4.69, 9.17) is 16.7 Å². The van der Waals surface area contributed by atoms with Crippen LogP contribution in [0.15, 0.2) is 18.3 Å². The summed E-state index contributed by atoms with van der Waals surface area (Å²) in [6.45, 7) is 0.264. The van der Waals surface area contributed by atoms with Crippen LogP contribution in [0.4, 0.5) is 0 Å². The van der Waals surface area contributed by atoms with E-state index in [0.717, 1.165) is 22.0 Å². The second kappa shape index (κ2) is 5.01. The number of rotatable bonds is 2. The molecule has 0 bridgehead atoms. The van der Waals surface area contributed by atoms with Crippen molar-refractivity contribution in [3.05, 3.63) is 40.0 Å². The van der Waals surface area contributed by atoms with Crippen molar-refractivity contribution in [3.8, 4) is 0 Å². The molecular formula is C14H13ClN2O3. The van der Waals surface area contributed by atoms with Crippen LogP contribution in [0.1, 0.15) is 16.7 Å². The molecule has 1 amide bonds. The normalized spacial score (nSPS) is 13.8. The Morgan fingerprint density at radius 3 is 2.85 bits per heavy atom. The Balaban J connectivity index is 2.12. The molecular weight excluding hydrogens is 280 g/mol. The van der Waals surface area contributed by atoms with E-state index in [1.54, 1.807) is 17.2 Å². The summed E-state index contributed by atoms with van der Waals surface area (Å²) in [7, 11) is 0. The molecule has 20 heavy (non-hydrogen) atoms. The van der Waals surface area contributed by atoms with Crippen molar-refractivity contribution in [2.45, 2.75) is 19.7 Å².